The Kier molecular flexibility index (Phi) is 4.15. The van der Waals surface area contributed by atoms with Crippen molar-refractivity contribution in [1.29, 1.82) is 0 Å². The molecular formula is C15H13N5O2S. The van der Waals surface area contributed by atoms with E-state index < -0.39 is 0 Å². The molecule has 0 aliphatic heterocycles. The zero-order valence-corrected chi connectivity index (χ0v) is 13.0. The first kappa shape index (κ1) is 14.9. The summed E-state index contributed by atoms with van der Waals surface area (Å²) in [6.45, 7) is 0. The molecule has 0 atom stereocenters. The molecule has 0 radical (unpaired) electrons. The number of hydrogen-bond donors (Lipinski definition) is 2. The summed E-state index contributed by atoms with van der Waals surface area (Å²) < 4.78 is 6.91. The number of aromatic amines is 1. The number of pyridine rings is 1. The fourth-order valence-electron chi connectivity index (χ4n) is 1.96. The van der Waals surface area contributed by atoms with Crippen molar-refractivity contribution < 1.29 is 9.84 Å². The molecule has 0 amide bonds. The predicted octanol–water partition coefficient (Wildman–Crippen LogP) is 2.60. The molecule has 1 aromatic carbocycles. The molecule has 3 rings (SSSR count). The molecule has 7 nitrogen and oxygen atoms in total. The van der Waals surface area contributed by atoms with E-state index in [2.05, 4.69) is 20.3 Å². The number of aromatic nitrogens is 4. The minimum absolute atomic E-state index is 0.0683. The largest absolute Gasteiger partial charge is 0.504 e. The monoisotopic (exact) mass is 327 g/mol. The van der Waals surface area contributed by atoms with E-state index in [-0.39, 0.29) is 5.75 Å². The predicted molar refractivity (Wildman–Crippen MR) is 88.3 cm³/mol. The average Bonchev–Trinajstić information content (AvgIpc) is 2.95. The molecule has 0 saturated carbocycles. The molecule has 0 fully saturated rings. The molecule has 3 aromatic rings. The van der Waals surface area contributed by atoms with Gasteiger partial charge in [-0.05, 0) is 48.1 Å². The highest BCUT2D eigenvalue weighted by atomic mass is 32.1. The first-order chi connectivity index (χ1) is 11.2. The molecule has 0 unspecified atom stereocenters. The quantitative estimate of drug-likeness (QED) is 0.568. The molecule has 2 aromatic heterocycles. The van der Waals surface area contributed by atoms with Crippen LogP contribution in [-0.2, 0) is 0 Å². The molecular weight excluding hydrogens is 314 g/mol. The molecule has 23 heavy (non-hydrogen) atoms. The first-order valence-corrected chi connectivity index (χ1v) is 7.10. The van der Waals surface area contributed by atoms with Crippen molar-refractivity contribution in [3.63, 3.8) is 0 Å². The summed E-state index contributed by atoms with van der Waals surface area (Å²) in [7, 11) is 1.49. The van der Waals surface area contributed by atoms with Crippen LogP contribution < -0.4 is 4.74 Å². The lowest BCUT2D eigenvalue weighted by atomic mass is 10.2. The van der Waals surface area contributed by atoms with Crippen molar-refractivity contribution in [1.82, 2.24) is 19.9 Å². The van der Waals surface area contributed by atoms with Crippen LogP contribution in [0, 0.1) is 4.77 Å². The Hall–Kier alpha value is -3.00. The third-order valence-corrected chi connectivity index (χ3v) is 3.33. The lowest BCUT2D eigenvalue weighted by molar-refractivity contribution is 0.373. The van der Waals surface area contributed by atoms with Crippen molar-refractivity contribution in [2.45, 2.75) is 0 Å². The van der Waals surface area contributed by atoms with E-state index in [9.17, 15) is 5.11 Å². The number of nitrogens with zero attached hydrogens (tertiary/aromatic N) is 4. The van der Waals surface area contributed by atoms with Gasteiger partial charge in [-0.1, -0.05) is 6.07 Å². The zero-order chi connectivity index (χ0) is 16.2. The SMILES string of the molecule is COc1cc(/C=N\n2c(-c3ccccn3)n[nH]c2=S)ccc1O. The number of nitrogens with one attached hydrogen (secondary N) is 1. The van der Waals surface area contributed by atoms with E-state index in [0.29, 0.717) is 22.0 Å². The number of rotatable bonds is 4. The highest BCUT2D eigenvalue weighted by molar-refractivity contribution is 7.71. The highest BCUT2D eigenvalue weighted by Gasteiger charge is 2.08. The Morgan fingerprint density at radius 3 is 2.96 bits per heavy atom. The molecule has 2 heterocycles. The van der Waals surface area contributed by atoms with Crippen molar-refractivity contribution in [3.05, 3.63) is 52.9 Å². The highest BCUT2D eigenvalue weighted by Crippen LogP contribution is 2.25. The summed E-state index contributed by atoms with van der Waals surface area (Å²) in [5, 5.41) is 20.8. The van der Waals surface area contributed by atoms with Gasteiger partial charge < -0.3 is 9.84 Å². The number of hydrogen-bond acceptors (Lipinski definition) is 6. The topological polar surface area (TPSA) is 88.3 Å². The second kappa shape index (κ2) is 6.41. The molecule has 0 aliphatic rings. The van der Waals surface area contributed by atoms with Crippen LogP contribution in [0.3, 0.4) is 0 Å². The molecule has 0 bridgehead atoms. The Morgan fingerprint density at radius 1 is 1.35 bits per heavy atom. The van der Waals surface area contributed by atoms with Gasteiger partial charge in [0.25, 0.3) is 0 Å². The van der Waals surface area contributed by atoms with Gasteiger partial charge in [0.05, 0.1) is 13.3 Å². The Labute approximate surface area is 136 Å². The maximum absolute atomic E-state index is 9.61. The van der Waals surface area contributed by atoms with Crippen molar-refractivity contribution in [2.24, 2.45) is 5.10 Å². The maximum atomic E-state index is 9.61. The van der Waals surface area contributed by atoms with Gasteiger partial charge >= 0.3 is 0 Å². The minimum atomic E-state index is 0.0683. The maximum Gasteiger partial charge on any atom is 0.216 e. The summed E-state index contributed by atoms with van der Waals surface area (Å²) in [5.41, 5.74) is 1.40. The Balaban J connectivity index is 1.98. The van der Waals surface area contributed by atoms with Gasteiger partial charge in [0, 0.05) is 6.20 Å². The third kappa shape index (κ3) is 3.11. The van der Waals surface area contributed by atoms with E-state index in [1.54, 1.807) is 24.5 Å². The fourth-order valence-corrected chi connectivity index (χ4v) is 2.14. The van der Waals surface area contributed by atoms with Gasteiger partial charge in [0.2, 0.25) is 10.6 Å². The molecule has 2 N–H and O–H groups in total. The lowest BCUT2D eigenvalue weighted by Gasteiger charge is -2.03. The lowest BCUT2D eigenvalue weighted by Crippen LogP contribution is -1.96. The first-order valence-electron chi connectivity index (χ1n) is 6.69. The van der Waals surface area contributed by atoms with Crippen LogP contribution in [0.25, 0.3) is 11.5 Å². The third-order valence-electron chi connectivity index (χ3n) is 3.07. The van der Waals surface area contributed by atoms with Crippen LogP contribution in [0.5, 0.6) is 11.5 Å². The molecule has 0 spiro atoms. The van der Waals surface area contributed by atoms with E-state index >= 15 is 0 Å². The number of ether oxygens (including phenoxy) is 1. The van der Waals surface area contributed by atoms with Gasteiger partial charge in [0.15, 0.2) is 11.5 Å². The fraction of sp³-hybridized carbons (Fsp3) is 0.0667. The van der Waals surface area contributed by atoms with Crippen LogP contribution in [0.4, 0.5) is 0 Å². The van der Waals surface area contributed by atoms with Gasteiger partial charge in [-0.15, -0.1) is 0 Å². The smallest absolute Gasteiger partial charge is 0.216 e. The summed E-state index contributed by atoms with van der Waals surface area (Å²) in [6.07, 6.45) is 3.27. The van der Waals surface area contributed by atoms with Crippen LogP contribution in [0.1, 0.15) is 5.56 Å². The Bertz CT molecular complexity index is 902. The van der Waals surface area contributed by atoms with Crippen LogP contribution in [0.15, 0.2) is 47.7 Å². The van der Waals surface area contributed by atoms with Crippen molar-refractivity contribution in [3.8, 4) is 23.0 Å². The normalized spacial score (nSPS) is 11.0. The van der Waals surface area contributed by atoms with Crippen molar-refractivity contribution in [2.75, 3.05) is 7.11 Å². The van der Waals surface area contributed by atoms with Crippen LogP contribution >= 0.6 is 12.2 Å². The number of phenols is 1. The van der Waals surface area contributed by atoms with Gasteiger partial charge in [-0.25, -0.2) is 5.10 Å². The summed E-state index contributed by atoms with van der Waals surface area (Å²) >= 11 is 5.20. The minimum Gasteiger partial charge on any atom is -0.504 e. The number of H-pyrrole nitrogens is 1. The Morgan fingerprint density at radius 2 is 2.22 bits per heavy atom. The number of benzene rings is 1. The summed E-state index contributed by atoms with van der Waals surface area (Å²) in [4.78, 5) is 4.24. The van der Waals surface area contributed by atoms with Gasteiger partial charge in [0.1, 0.15) is 5.69 Å². The van der Waals surface area contributed by atoms with Crippen LogP contribution in [-0.4, -0.2) is 38.3 Å². The standard InChI is InChI=1S/C15H13N5O2S/c1-22-13-8-10(5-6-12(13)21)9-17-20-14(18-19-15(20)23)11-4-2-3-7-16-11/h2-9,21H,1H3,(H,19,23)/b17-9-. The van der Waals surface area contributed by atoms with Gasteiger partial charge in [-0.2, -0.15) is 14.9 Å². The van der Waals surface area contributed by atoms with Gasteiger partial charge in [-0.3, -0.25) is 4.98 Å². The number of aromatic hydroxyl groups is 1. The zero-order valence-electron chi connectivity index (χ0n) is 12.2. The second-order valence-corrected chi connectivity index (χ2v) is 4.94. The van der Waals surface area contributed by atoms with E-state index in [0.717, 1.165) is 5.56 Å². The number of methoxy groups -OCH3 is 1. The average molecular weight is 327 g/mol. The molecule has 0 saturated heterocycles. The van der Waals surface area contributed by atoms with Crippen molar-refractivity contribution >= 4 is 18.4 Å². The molecule has 116 valence electrons. The molecule has 8 heteroatoms. The summed E-state index contributed by atoms with van der Waals surface area (Å²) in [5.74, 6) is 0.950. The summed E-state index contributed by atoms with van der Waals surface area (Å²) in [6, 6.07) is 10.4. The van der Waals surface area contributed by atoms with E-state index in [1.165, 1.54) is 17.9 Å². The number of phenolic OH excluding ortho intramolecular Hbond substituents is 1. The van der Waals surface area contributed by atoms with Crippen LogP contribution in [0.2, 0.25) is 0 Å². The van der Waals surface area contributed by atoms with E-state index in [1.807, 2.05) is 18.2 Å². The van der Waals surface area contributed by atoms with E-state index in [4.69, 9.17) is 17.0 Å². The molecule has 0 aliphatic carbocycles. The second-order valence-electron chi connectivity index (χ2n) is 4.56.